The minimum absolute atomic E-state index is 0.00165. The largest absolute Gasteiger partial charge is 0.378 e. The minimum atomic E-state index is -0.196. The molecule has 2 atom stereocenters. The van der Waals surface area contributed by atoms with E-state index in [0.29, 0.717) is 5.11 Å². The highest BCUT2D eigenvalue weighted by Crippen LogP contribution is 2.43. The zero-order chi connectivity index (χ0) is 27.5. The lowest BCUT2D eigenvalue weighted by Crippen LogP contribution is -2.30. The van der Waals surface area contributed by atoms with Crippen LogP contribution in [0.15, 0.2) is 85.2 Å². The zero-order valence-electron chi connectivity index (χ0n) is 22.5. The molecule has 2 aromatic carbocycles. The van der Waals surface area contributed by atoms with E-state index in [2.05, 4.69) is 72.6 Å². The van der Waals surface area contributed by atoms with Gasteiger partial charge in [-0.2, -0.15) is 0 Å². The van der Waals surface area contributed by atoms with Crippen molar-refractivity contribution in [3.63, 3.8) is 0 Å². The Hall–Kier alpha value is -4.21. The lowest BCUT2D eigenvalue weighted by molar-refractivity contribution is -0.119. The summed E-state index contributed by atoms with van der Waals surface area (Å²) in [5.41, 5.74) is 6.76. The molecule has 200 valence electrons. The van der Waals surface area contributed by atoms with Crippen LogP contribution in [0.2, 0.25) is 0 Å². The molecule has 9 heteroatoms. The van der Waals surface area contributed by atoms with Crippen molar-refractivity contribution in [1.29, 1.82) is 0 Å². The smallest absolute Gasteiger partial charge is 0.250 e. The average Bonchev–Trinajstić information content (AvgIpc) is 3.55. The molecule has 2 aromatic heterocycles. The first-order valence-corrected chi connectivity index (χ1v) is 13.1. The number of aryl methyl sites for hydroxylation is 1. The number of carbonyl (C=O) groups excluding carboxylic acids is 1. The molecule has 2 N–H and O–H groups in total. The van der Waals surface area contributed by atoms with Crippen LogP contribution in [-0.4, -0.2) is 48.4 Å². The number of pyridine rings is 1. The molecule has 3 heterocycles. The highest BCUT2D eigenvalue weighted by atomic mass is 32.1. The molecule has 1 fully saturated rings. The summed E-state index contributed by atoms with van der Waals surface area (Å²) < 4.78 is 7.16. The second-order valence-corrected chi connectivity index (χ2v) is 10.1. The summed E-state index contributed by atoms with van der Waals surface area (Å²) in [5, 5.41) is 7.05. The van der Waals surface area contributed by atoms with E-state index in [1.165, 1.54) is 7.11 Å². The van der Waals surface area contributed by atoms with Crippen molar-refractivity contribution >= 4 is 40.3 Å². The Morgan fingerprint density at radius 3 is 2.51 bits per heavy atom. The number of rotatable bonds is 8. The number of anilines is 3. The summed E-state index contributed by atoms with van der Waals surface area (Å²) in [6, 6.07) is 24.2. The molecule has 0 unspecified atom stereocenters. The third-order valence-electron chi connectivity index (χ3n) is 6.86. The van der Waals surface area contributed by atoms with Crippen LogP contribution in [0.4, 0.5) is 17.1 Å². The fourth-order valence-electron chi connectivity index (χ4n) is 4.97. The van der Waals surface area contributed by atoms with Crippen LogP contribution in [0, 0.1) is 6.92 Å². The molecule has 1 amide bonds. The second kappa shape index (κ2) is 11.3. The van der Waals surface area contributed by atoms with Gasteiger partial charge in [0.1, 0.15) is 12.6 Å². The van der Waals surface area contributed by atoms with Gasteiger partial charge in [0.15, 0.2) is 5.11 Å². The van der Waals surface area contributed by atoms with Gasteiger partial charge in [0.25, 0.3) is 0 Å². The van der Waals surface area contributed by atoms with E-state index in [1.54, 1.807) is 6.20 Å². The van der Waals surface area contributed by atoms with Gasteiger partial charge in [0.2, 0.25) is 5.91 Å². The summed E-state index contributed by atoms with van der Waals surface area (Å²) in [4.78, 5) is 21.0. The third-order valence-corrected chi connectivity index (χ3v) is 7.18. The van der Waals surface area contributed by atoms with Crippen molar-refractivity contribution in [3.8, 4) is 5.69 Å². The maximum Gasteiger partial charge on any atom is 0.250 e. The Kier molecular flexibility index (Phi) is 7.63. The summed E-state index contributed by atoms with van der Waals surface area (Å²) in [7, 11) is 5.57. The molecule has 8 nitrogen and oxygen atoms in total. The van der Waals surface area contributed by atoms with Gasteiger partial charge in [-0.3, -0.25) is 9.78 Å². The van der Waals surface area contributed by atoms with Crippen molar-refractivity contribution in [2.75, 3.05) is 42.9 Å². The van der Waals surface area contributed by atoms with Crippen LogP contribution in [-0.2, 0) is 9.53 Å². The Bertz CT molecular complexity index is 1470. The summed E-state index contributed by atoms with van der Waals surface area (Å²) in [6.07, 6.45) is 3.88. The number of methoxy groups -OCH3 is 1. The molecule has 1 aliphatic heterocycles. The van der Waals surface area contributed by atoms with E-state index < -0.39 is 0 Å². The number of aromatic nitrogens is 2. The highest BCUT2D eigenvalue weighted by Gasteiger charge is 2.42. The molecule has 5 rings (SSSR count). The Balaban J connectivity index is 1.57. The molecular formula is C30H32N6O2S. The minimum Gasteiger partial charge on any atom is -0.378 e. The first-order chi connectivity index (χ1) is 18.9. The first kappa shape index (κ1) is 26.4. The van der Waals surface area contributed by atoms with Crippen LogP contribution in [0.5, 0.6) is 0 Å². The Morgan fingerprint density at radius 1 is 1.08 bits per heavy atom. The van der Waals surface area contributed by atoms with Crippen molar-refractivity contribution in [3.05, 3.63) is 102 Å². The fourth-order valence-corrected chi connectivity index (χ4v) is 5.32. The Labute approximate surface area is 234 Å². The zero-order valence-corrected chi connectivity index (χ0v) is 23.3. The van der Waals surface area contributed by atoms with E-state index in [0.717, 1.165) is 39.7 Å². The van der Waals surface area contributed by atoms with E-state index in [4.69, 9.17) is 17.0 Å². The third kappa shape index (κ3) is 5.36. The van der Waals surface area contributed by atoms with Gasteiger partial charge in [0, 0.05) is 62.0 Å². The quantitative estimate of drug-likeness (QED) is 0.305. The van der Waals surface area contributed by atoms with E-state index in [1.807, 2.05) is 57.4 Å². The number of hydrogen-bond donors (Lipinski definition) is 2. The van der Waals surface area contributed by atoms with Crippen LogP contribution in [0.1, 0.15) is 29.0 Å². The molecule has 0 spiro atoms. The maximum absolute atomic E-state index is 12.1. The van der Waals surface area contributed by atoms with Crippen LogP contribution < -0.4 is 20.4 Å². The van der Waals surface area contributed by atoms with Crippen LogP contribution >= 0.6 is 12.2 Å². The van der Waals surface area contributed by atoms with Crippen molar-refractivity contribution < 1.29 is 9.53 Å². The molecule has 4 aromatic rings. The molecule has 0 saturated carbocycles. The number of hydrogen-bond acceptors (Lipinski definition) is 5. The lowest BCUT2D eigenvalue weighted by Gasteiger charge is -2.29. The van der Waals surface area contributed by atoms with Crippen LogP contribution in [0.25, 0.3) is 5.69 Å². The number of nitrogens with one attached hydrogen (secondary N) is 2. The van der Waals surface area contributed by atoms with Gasteiger partial charge in [-0.25, -0.2) is 0 Å². The summed E-state index contributed by atoms with van der Waals surface area (Å²) in [6.45, 7) is 1.97. The highest BCUT2D eigenvalue weighted by molar-refractivity contribution is 7.80. The number of benzene rings is 2. The molecule has 39 heavy (non-hydrogen) atoms. The second-order valence-electron chi connectivity index (χ2n) is 9.69. The molecule has 0 bridgehead atoms. The van der Waals surface area contributed by atoms with Gasteiger partial charge >= 0.3 is 0 Å². The number of thiocarbonyl (C=S) groups is 1. The summed E-state index contributed by atoms with van der Waals surface area (Å²) >= 11 is 5.92. The molecule has 0 radical (unpaired) electrons. The number of nitrogens with zero attached hydrogens (tertiary/aromatic N) is 4. The van der Waals surface area contributed by atoms with Gasteiger partial charge in [-0.05, 0) is 91.4 Å². The monoisotopic (exact) mass is 540 g/mol. The first-order valence-electron chi connectivity index (χ1n) is 12.7. The van der Waals surface area contributed by atoms with Crippen molar-refractivity contribution in [2.24, 2.45) is 0 Å². The fraction of sp³-hybridized carbons (Fsp3) is 0.233. The van der Waals surface area contributed by atoms with Crippen LogP contribution in [0.3, 0.4) is 0 Å². The number of ether oxygens (including phenoxy) is 1. The lowest BCUT2D eigenvalue weighted by atomic mass is 10.00. The molecule has 0 aliphatic carbocycles. The average molecular weight is 541 g/mol. The van der Waals surface area contributed by atoms with Crippen molar-refractivity contribution in [2.45, 2.75) is 19.0 Å². The summed E-state index contributed by atoms with van der Waals surface area (Å²) in [5.74, 6) is -0.196. The predicted octanol–water partition coefficient (Wildman–Crippen LogP) is 5.01. The van der Waals surface area contributed by atoms with Gasteiger partial charge in [-0.1, -0.05) is 6.07 Å². The van der Waals surface area contributed by atoms with E-state index >= 15 is 0 Å². The molecular weight excluding hydrogens is 508 g/mol. The number of carbonyl (C=O) groups is 1. The van der Waals surface area contributed by atoms with Crippen molar-refractivity contribution in [1.82, 2.24) is 14.9 Å². The maximum atomic E-state index is 12.1. The SMILES string of the molecule is COCC(=O)Nc1ccc(N2C(=S)N[C@H](c3ccccn3)[C@H]2c2cccn2-c2ccc(N(C)C)cc2)cc1C. The normalized spacial score (nSPS) is 16.7. The number of amides is 1. The van der Waals surface area contributed by atoms with Gasteiger partial charge in [0.05, 0.1) is 11.7 Å². The van der Waals surface area contributed by atoms with E-state index in [-0.39, 0.29) is 24.6 Å². The predicted molar refractivity (Wildman–Crippen MR) is 160 cm³/mol. The van der Waals surface area contributed by atoms with Gasteiger partial charge in [-0.15, -0.1) is 0 Å². The molecule has 1 saturated heterocycles. The molecule has 1 aliphatic rings. The van der Waals surface area contributed by atoms with Gasteiger partial charge < -0.3 is 29.7 Å². The topological polar surface area (TPSA) is 74.7 Å². The standard InChI is InChI=1S/C30H32N6O2S/c1-20-18-23(14-15-24(20)32-27(37)19-38-4)36-29(28(33-30(36)39)25-8-5-6-16-31-25)26-9-7-17-35(26)22-12-10-21(11-13-22)34(2)3/h5-18,28-29H,19H2,1-4H3,(H,32,37)(H,33,39)/t28-,29-/m1/s1. The Morgan fingerprint density at radius 2 is 1.85 bits per heavy atom. The van der Waals surface area contributed by atoms with E-state index in [9.17, 15) is 4.79 Å².